The number of thiazole rings is 1. The average molecular weight is 490 g/mol. The summed E-state index contributed by atoms with van der Waals surface area (Å²) in [4.78, 5) is 29.8. The third-order valence-corrected chi connectivity index (χ3v) is 6.01. The molecule has 0 N–H and O–H groups in total. The number of morpholine rings is 1. The zero-order valence-electron chi connectivity index (χ0n) is 17.4. The minimum atomic E-state index is -0.654. The summed E-state index contributed by atoms with van der Waals surface area (Å²) < 4.78 is 16.3. The van der Waals surface area contributed by atoms with Crippen LogP contribution in [0.15, 0.2) is 47.8 Å². The van der Waals surface area contributed by atoms with Crippen LogP contribution in [0, 0.1) is 10.1 Å². The molecule has 0 unspecified atom stereocenters. The Hall–Kier alpha value is -3.21. The van der Waals surface area contributed by atoms with Crippen molar-refractivity contribution in [1.29, 1.82) is 0 Å². The molecule has 2 aromatic carbocycles. The van der Waals surface area contributed by atoms with Crippen molar-refractivity contribution in [2.45, 2.75) is 13.2 Å². The van der Waals surface area contributed by atoms with Crippen molar-refractivity contribution in [2.75, 3.05) is 31.2 Å². The molecule has 0 atom stereocenters. The van der Waals surface area contributed by atoms with Gasteiger partial charge in [-0.1, -0.05) is 11.6 Å². The molecule has 2 heterocycles. The number of ether oxygens (including phenoxy) is 3. The summed E-state index contributed by atoms with van der Waals surface area (Å²) in [6.07, 6.45) is 0. The molecular formula is C22H20ClN3O6S. The summed E-state index contributed by atoms with van der Waals surface area (Å²) in [5.74, 6) is 0.0169. The predicted molar refractivity (Wildman–Crippen MR) is 123 cm³/mol. The number of carbonyl (C=O) groups excluding carboxylic acids is 1. The van der Waals surface area contributed by atoms with E-state index in [1.807, 2.05) is 4.90 Å². The Bertz CT molecular complexity index is 1130. The fourth-order valence-electron chi connectivity index (χ4n) is 3.25. The minimum absolute atomic E-state index is 0.0463. The van der Waals surface area contributed by atoms with E-state index in [-0.39, 0.29) is 24.5 Å². The van der Waals surface area contributed by atoms with Crippen LogP contribution < -0.4 is 9.64 Å². The Morgan fingerprint density at radius 1 is 1.18 bits per heavy atom. The van der Waals surface area contributed by atoms with Gasteiger partial charge in [-0.25, -0.2) is 9.78 Å². The number of halogens is 1. The first-order valence-corrected chi connectivity index (χ1v) is 11.4. The van der Waals surface area contributed by atoms with Gasteiger partial charge in [-0.3, -0.25) is 10.1 Å². The first-order valence-electron chi connectivity index (χ1n) is 10.1. The summed E-state index contributed by atoms with van der Waals surface area (Å²) in [6, 6.07) is 11.4. The SMILES string of the molecule is O=C(OCc1csc(COc2ccc(Cl)cc2)n1)c1ccc(N2CCOCC2)c([N+](=O)[O-])c1. The first kappa shape index (κ1) is 23.0. The van der Waals surface area contributed by atoms with E-state index in [0.717, 1.165) is 5.01 Å². The van der Waals surface area contributed by atoms with Crippen LogP contribution in [0.1, 0.15) is 21.1 Å². The highest BCUT2D eigenvalue weighted by Crippen LogP contribution is 2.30. The average Bonchev–Trinajstić information content (AvgIpc) is 3.30. The Morgan fingerprint density at radius 3 is 2.67 bits per heavy atom. The topological polar surface area (TPSA) is 104 Å². The van der Waals surface area contributed by atoms with Gasteiger partial charge in [-0.2, -0.15) is 0 Å². The summed E-state index contributed by atoms with van der Waals surface area (Å²) in [6.45, 7) is 2.34. The van der Waals surface area contributed by atoms with Crippen LogP contribution in [0.2, 0.25) is 5.02 Å². The standard InChI is InChI=1S/C22H20ClN3O6S/c23-16-2-4-18(5-3-16)31-13-21-24-17(14-33-21)12-32-22(27)15-1-6-19(20(11-15)26(28)29)25-7-9-30-10-8-25/h1-6,11,14H,7-10,12-13H2. The van der Waals surface area contributed by atoms with Gasteiger partial charge in [0.05, 0.1) is 29.4 Å². The first-order chi connectivity index (χ1) is 16.0. The van der Waals surface area contributed by atoms with Gasteiger partial charge in [0.1, 0.15) is 29.7 Å². The number of esters is 1. The summed E-state index contributed by atoms with van der Waals surface area (Å²) in [7, 11) is 0. The van der Waals surface area contributed by atoms with E-state index in [2.05, 4.69) is 4.98 Å². The second-order valence-corrected chi connectivity index (χ2v) is 8.49. The van der Waals surface area contributed by atoms with E-state index < -0.39 is 10.9 Å². The van der Waals surface area contributed by atoms with Gasteiger partial charge in [0.15, 0.2) is 0 Å². The summed E-state index contributed by atoms with van der Waals surface area (Å²) >= 11 is 7.24. The van der Waals surface area contributed by atoms with E-state index in [1.54, 1.807) is 35.7 Å². The van der Waals surface area contributed by atoms with Crippen molar-refractivity contribution in [3.8, 4) is 5.75 Å². The molecule has 33 heavy (non-hydrogen) atoms. The quantitative estimate of drug-likeness (QED) is 0.259. The molecule has 0 saturated carbocycles. The van der Waals surface area contributed by atoms with Crippen LogP contribution >= 0.6 is 22.9 Å². The summed E-state index contributed by atoms with van der Waals surface area (Å²) in [5, 5.41) is 14.7. The fourth-order valence-corrected chi connectivity index (χ4v) is 4.06. The molecule has 0 bridgehead atoms. The van der Waals surface area contributed by atoms with E-state index >= 15 is 0 Å². The highest BCUT2D eigenvalue weighted by Gasteiger charge is 2.24. The van der Waals surface area contributed by atoms with Gasteiger partial charge in [0.2, 0.25) is 0 Å². The number of nitrogens with zero attached hydrogens (tertiary/aromatic N) is 3. The van der Waals surface area contributed by atoms with Crippen molar-refractivity contribution in [2.24, 2.45) is 0 Å². The molecule has 1 aliphatic heterocycles. The molecule has 3 aromatic rings. The number of carbonyl (C=O) groups is 1. The second kappa shape index (κ2) is 10.6. The van der Waals surface area contributed by atoms with Crippen LogP contribution in [-0.2, 0) is 22.7 Å². The van der Waals surface area contributed by atoms with Gasteiger partial charge in [-0.05, 0) is 36.4 Å². The maximum absolute atomic E-state index is 12.5. The number of aromatic nitrogens is 1. The largest absolute Gasteiger partial charge is 0.486 e. The molecule has 1 fully saturated rings. The summed E-state index contributed by atoms with van der Waals surface area (Å²) in [5.41, 5.74) is 1.01. The minimum Gasteiger partial charge on any atom is -0.486 e. The number of anilines is 1. The van der Waals surface area contributed by atoms with Gasteiger partial charge in [-0.15, -0.1) is 11.3 Å². The molecule has 1 aromatic heterocycles. The van der Waals surface area contributed by atoms with Crippen molar-refractivity contribution in [1.82, 2.24) is 4.98 Å². The lowest BCUT2D eigenvalue weighted by Crippen LogP contribution is -2.36. The van der Waals surface area contributed by atoms with E-state index in [1.165, 1.54) is 23.5 Å². The molecule has 1 aliphatic rings. The fraction of sp³-hybridized carbons (Fsp3) is 0.273. The highest BCUT2D eigenvalue weighted by molar-refractivity contribution is 7.09. The number of rotatable bonds is 8. The molecule has 4 rings (SSSR count). The maximum Gasteiger partial charge on any atom is 0.338 e. The second-order valence-electron chi connectivity index (χ2n) is 7.11. The Balaban J connectivity index is 1.35. The molecule has 11 heteroatoms. The molecule has 9 nitrogen and oxygen atoms in total. The number of hydrogen-bond donors (Lipinski definition) is 0. The van der Waals surface area contributed by atoms with Crippen LogP contribution in [-0.4, -0.2) is 42.2 Å². The molecule has 0 aliphatic carbocycles. The number of benzene rings is 2. The normalized spacial score (nSPS) is 13.5. The van der Waals surface area contributed by atoms with Gasteiger partial charge in [0.25, 0.3) is 5.69 Å². The molecule has 0 amide bonds. The van der Waals surface area contributed by atoms with E-state index in [9.17, 15) is 14.9 Å². The van der Waals surface area contributed by atoms with Crippen molar-refractivity contribution >= 4 is 40.3 Å². The van der Waals surface area contributed by atoms with Gasteiger partial charge < -0.3 is 19.1 Å². The molecule has 1 saturated heterocycles. The van der Waals surface area contributed by atoms with Crippen molar-refractivity contribution < 1.29 is 23.9 Å². The van der Waals surface area contributed by atoms with Gasteiger partial charge >= 0.3 is 5.97 Å². The smallest absolute Gasteiger partial charge is 0.338 e. The monoisotopic (exact) mass is 489 g/mol. The van der Waals surface area contributed by atoms with Gasteiger partial charge in [0, 0.05) is 29.6 Å². The molecule has 0 spiro atoms. The zero-order chi connectivity index (χ0) is 23.2. The zero-order valence-corrected chi connectivity index (χ0v) is 19.0. The lowest BCUT2D eigenvalue weighted by atomic mass is 10.1. The number of nitro groups is 1. The third-order valence-electron chi connectivity index (χ3n) is 4.89. The Kier molecular flexibility index (Phi) is 7.38. The molecule has 0 radical (unpaired) electrons. The van der Waals surface area contributed by atoms with Crippen LogP contribution in [0.4, 0.5) is 11.4 Å². The lowest BCUT2D eigenvalue weighted by molar-refractivity contribution is -0.384. The Labute approximate surface area is 198 Å². The van der Waals surface area contributed by atoms with Crippen LogP contribution in [0.25, 0.3) is 0 Å². The van der Waals surface area contributed by atoms with Crippen LogP contribution in [0.5, 0.6) is 5.75 Å². The lowest BCUT2D eigenvalue weighted by Gasteiger charge is -2.28. The van der Waals surface area contributed by atoms with E-state index in [4.69, 9.17) is 25.8 Å². The van der Waals surface area contributed by atoms with Crippen molar-refractivity contribution in [3.63, 3.8) is 0 Å². The highest BCUT2D eigenvalue weighted by atomic mass is 35.5. The van der Waals surface area contributed by atoms with E-state index in [0.29, 0.717) is 48.5 Å². The molecular weight excluding hydrogens is 470 g/mol. The Morgan fingerprint density at radius 2 is 1.94 bits per heavy atom. The number of nitro benzene ring substituents is 1. The van der Waals surface area contributed by atoms with Crippen molar-refractivity contribution in [3.05, 3.63) is 79.2 Å². The third kappa shape index (κ3) is 5.98. The maximum atomic E-state index is 12.5. The number of hydrogen-bond acceptors (Lipinski definition) is 9. The van der Waals surface area contributed by atoms with Crippen LogP contribution in [0.3, 0.4) is 0 Å². The predicted octanol–water partition coefficient (Wildman–Crippen LogP) is 4.48. The molecule has 172 valence electrons.